The second-order valence-electron chi connectivity index (χ2n) is 5.59. The average molecular weight is 347 g/mol. The quantitative estimate of drug-likeness (QED) is 0.890. The summed E-state index contributed by atoms with van der Waals surface area (Å²) in [4.78, 5) is 14.4. The van der Waals surface area contributed by atoms with Gasteiger partial charge in [0.2, 0.25) is 0 Å². The van der Waals surface area contributed by atoms with Gasteiger partial charge < -0.3 is 15.4 Å². The number of amides is 1. The van der Waals surface area contributed by atoms with Crippen molar-refractivity contribution in [2.75, 3.05) is 19.6 Å². The van der Waals surface area contributed by atoms with Crippen LogP contribution in [0, 0.1) is 5.92 Å². The third-order valence-corrected chi connectivity index (χ3v) is 4.10. The van der Waals surface area contributed by atoms with Gasteiger partial charge in [-0.2, -0.15) is 0 Å². The zero-order valence-electron chi connectivity index (χ0n) is 12.8. The molecule has 0 saturated carbocycles. The van der Waals surface area contributed by atoms with E-state index in [-0.39, 0.29) is 18.3 Å². The number of likely N-dealkylation sites (tertiary alicyclic amines) is 1. The molecule has 1 fully saturated rings. The van der Waals surface area contributed by atoms with Gasteiger partial charge >= 0.3 is 0 Å². The van der Waals surface area contributed by atoms with Crippen LogP contribution in [-0.2, 0) is 4.79 Å². The van der Waals surface area contributed by atoms with Gasteiger partial charge in [-0.1, -0.05) is 17.7 Å². The largest absolute Gasteiger partial charge is 0.481 e. The summed E-state index contributed by atoms with van der Waals surface area (Å²) in [6.07, 6.45) is 2.68. The number of hydrogen-bond donors (Lipinski definition) is 1. The van der Waals surface area contributed by atoms with Crippen LogP contribution >= 0.6 is 24.0 Å². The third-order valence-electron chi connectivity index (χ3n) is 3.86. The number of benzene rings is 1. The Morgan fingerprint density at radius 1 is 1.55 bits per heavy atom. The van der Waals surface area contributed by atoms with Gasteiger partial charge in [0.1, 0.15) is 5.75 Å². The smallest absolute Gasteiger partial charge is 0.263 e. The zero-order valence-corrected chi connectivity index (χ0v) is 14.4. The van der Waals surface area contributed by atoms with Crippen LogP contribution in [0.4, 0.5) is 0 Å². The highest BCUT2D eigenvalue weighted by Crippen LogP contribution is 2.22. The number of halogens is 2. The highest BCUT2D eigenvalue weighted by molar-refractivity contribution is 6.30. The first-order valence-corrected chi connectivity index (χ1v) is 7.89. The van der Waals surface area contributed by atoms with Crippen molar-refractivity contribution in [2.45, 2.75) is 32.3 Å². The number of carbonyl (C=O) groups is 1. The van der Waals surface area contributed by atoms with Crippen LogP contribution in [0.5, 0.6) is 5.75 Å². The summed E-state index contributed by atoms with van der Waals surface area (Å²) in [7, 11) is 0. The molecule has 22 heavy (non-hydrogen) atoms. The van der Waals surface area contributed by atoms with E-state index in [0.717, 1.165) is 32.4 Å². The van der Waals surface area contributed by atoms with Crippen molar-refractivity contribution in [1.82, 2.24) is 4.90 Å². The fraction of sp³-hybridized carbons (Fsp3) is 0.562. The molecule has 1 aliphatic heterocycles. The van der Waals surface area contributed by atoms with Crippen molar-refractivity contribution in [3.8, 4) is 5.75 Å². The Balaban J connectivity index is 0.00000242. The third kappa shape index (κ3) is 5.34. The molecule has 0 aromatic heterocycles. The van der Waals surface area contributed by atoms with Gasteiger partial charge in [0.25, 0.3) is 5.91 Å². The van der Waals surface area contributed by atoms with Crippen LogP contribution < -0.4 is 10.5 Å². The number of ether oxygens (including phenoxy) is 1. The first-order valence-electron chi connectivity index (χ1n) is 7.51. The second-order valence-corrected chi connectivity index (χ2v) is 6.02. The van der Waals surface area contributed by atoms with Gasteiger partial charge in [0, 0.05) is 18.1 Å². The van der Waals surface area contributed by atoms with Crippen LogP contribution in [0.15, 0.2) is 24.3 Å². The Morgan fingerprint density at radius 2 is 2.32 bits per heavy atom. The molecule has 0 radical (unpaired) electrons. The molecule has 1 saturated heterocycles. The van der Waals surface area contributed by atoms with Gasteiger partial charge in [-0.25, -0.2) is 0 Å². The molecule has 1 aromatic rings. The van der Waals surface area contributed by atoms with Crippen molar-refractivity contribution in [3.05, 3.63) is 29.3 Å². The average Bonchev–Trinajstić information content (AvgIpc) is 2.47. The lowest BCUT2D eigenvalue weighted by atomic mass is 9.94. The Bertz CT molecular complexity index is 483. The van der Waals surface area contributed by atoms with Gasteiger partial charge in [-0.15, -0.1) is 12.4 Å². The fourth-order valence-electron chi connectivity index (χ4n) is 2.79. The van der Waals surface area contributed by atoms with Crippen molar-refractivity contribution in [3.63, 3.8) is 0 Å². The lowest BCUT2D eigenvalue weighted by Crippen LogP contribution is -2.46. The van der Waals surface area contributed by atoms with Crippen molar-refractivity contribution < 1.29 is 9.53 Å². The molecule has 2 atom stereocenters. The van der Waals surface area contributed by atoms with E-state index in [1.54, 1.807) is 19.1 Å². The molecule has 0 aliphatic carbocycles. The summed E-state index contributed by atoms with van der Waals surface area (Å²) in [5.74, 6) is 1.18. The van der Waals surface area contributed by atoms with Gasteiger partial charge in [0.05, 0.1) is 0 Å². The number of rotatable bonds is 5. The molecule has 6 heteroatoms. The topological polar surface area (TPSA) is 55.6 Å². The minimum atomic E-state index is -0.500. The normalized spacial score (nSPS) is 19.2. The molecular formula is C16H24Cl2N2O2. The molecule has 0 bridgehead atoms. The highest BCUT2D eigenvalue weighted by atomic mass is 35.5. The lowest BCUT2D eigenvalue weighted by Gasteiger charge is -2.34. The van der Waals surface area contributed by atoms with E-state index in [1.165, 1.54) is 0 Å². The fourth-order valence-corrected chi connectivity index (χ4v) is 2.97. The van der Waals surface area contributed by atoms with E-state index in [2.05, 4.69) is 0 Å². The standard InChI is InChI=1S/C16H23ClN2O2.ClH/c1-12(21-15-6-2-5-14(17)10-15)16(20)19-9-3-4-13(11-19)7-8-18;/h2,5-6,10,12-13H,3-4,7-9,11,18H2,1H3;1H. The van der Waals surface area contributed by atoms with Crippen molar-refractivity contribution in [2.24, 2.45) is 11.7 Å². The molecule has 124 valence electrons. The molecule has 2 N–H and O–H groups in total. The molecule has 1 amide bonds. The molecule has 1 heterocycles. The van der Waals surface area contributed by atoms with E-state index in [1.807, 2.05) is 17.0 Å². The highest BCUT2D eigenvalue weighted by Gasteiger charge is 2.27. The Morgan fingerprint density at radius 3 is 3.00 bits per heavy atom. The van der Waals surface area contributed by atoms with Crippen LogP contribution in [0.1, 0.15) is 26.2 Å². The molecule has 1 aromatic carbocycles. The molecule has 1 aliphatic rings. The predicted octanol–water partition coefficient (Wildman–Crippen LogP) is 3.12. The van der Waals surface area contributed by atoms with Crippen LogP contribution in [0.3, 0.4) is 0 Å². The first-order chi connectivity index (χ1) is 10.1. The molecule has 4 nitrogen and oxygen atoms in total. The summed E-state index contributed by atoms with van der Waals surface area (Å²) < 4.78 is 5.71. The number of hydrogen-bond acceptors (Lipinski definition) is 3. The summed E-state index contributed by atoms with van der Waals surface area (Å²) in [5.41, 5.74) is 5.62. The molecule has 2 unspecified atom stereocenters. The monoisotopic (exact) mass is 346 g/mol. The molecular weight excluding hydrogens is 323 g/mol. The van der Waals surface area contributed by atoms with Crippen LogP contribution in [-0.4, -0.2) is 36.5 Å². The van der Waals surface area contributed by atoms with E-state index in [9.17, 15) is 4.79 Å². The first kappa shape index (κ1) is 19.1. The molecule has 0 spiro atoms. The zero-order chi connectivity index (χ0) is 15.2. The maximum absolute atomic E-state index is 12.5. The minimum Gasteiger partial charge on any atom is -0.481 e. The minimum absolute atomic E-state index is 0. The summed E-state index contributed by atoms with van der Waals surface area (Å²) >= 11 is 5.92. The summed E-state index contributed by atoms with van der Waals surface area (Å²) in [6.45, 7) is 4.07. The number of nitrogens with two attached hydrogens (primary N) is 1. The SMILES string of the molecule is CC(Oc1cccc(Cl)c1)C(=O)N1CCCC(CCN)C1.Cl. The van der Waals surface area contributed by atoms with E-state index in [4.69, 9.17) is 22.1 Å². The van der Waals surface area contributed by atoms with E-state index >= 15 is 0 Å². The van der Waals surface area contributed by atoms with Crippen molar-refractivity contribution in [1.29, 1.82) is 0 Å². The maximum atomic E-state index is 12.5. The van der Waals surface area contributed by atoms with Gasteiger partial charge in [-0.05, 0) is 56.8 Å². The number of piperidine rings is 1. The maximum Gasteiger partial charge on any atom is 0.263 e. The van der Waals surface area contributed by atoms with Gasteiger partial charge in [0.15, 0.2) is 6.10 Å². The van der Waals surface area contributed by atoms with Crippen LogP contribution in [0.2, 0.25) is 5.02 Å². The van der Waals surface area contributed by atoms with E-state index in [0.29, 0.717) is 23.2 Å². The summed E-state index contributed by atoms with van der Waals surface area (Å²) in [6, 6.07) is 7.12. The van der Waals surface area contributed by atoms with Crippen molar-refractivity contribution >= 4 is 29.9 Å². The Hall–Kier alpha value is -0.970. The lowest BCUT2D eigenvalue weighted by molar-refractivity contribution is -0.139. The Labute approximate surface area is 143 Å². The molecule has 2 rings (SSSR count). The number of nitrogens with zero attached hydrogens (tertiary/aromatic N) is 1. The number of carbonyl (C=O) groups excluding carboxylic acids is 1. The Kier molecular flexibility index (Phi) is 8.01. The van der Waals surface area contributed by atoms with Gasteiger partial charge in [-0.3, -0.25) is 4.79 Å². The predicted molar refractivity (Wildman–Crippen MR) is 91.8 cm³/mol. The van der Waals surface area contributed by atoms with Crippen LogP contribution in [0.25, 0.3) is 0 Å². The van der Waals surface area contributed by atoms with E-state index < -0.39 is 6.10 Å². The second kappa shape index (κ2) is 9.23. The summed E-state index contributed by atoms with van der Waals surface area (Å²) in [5, 5.41) is 0.605.